The molecule has 0 atom stereocenters. The fourth-order valence-corrected chi connectivity index (χ4v) is 2.97. The molecule has 1 amide bonds. The van der Waals surface area contributed by atoms with Crippen molar-refractivity contribution in [1.82, 2.24) is 14.8 Å². The summed E-state index contributed by atoms with van der Waals surface area (Å²) in [5, 5.41) is 3.96. The first kappa shape index (κ1) is 15.8. The molecule has 6 heteroatoms. The highest BCUT2D eigenvalue weighted by Gasteiger charge is 2.16. The number of morpholine rings is 1. The second-order valence-electron chi connectivity index (χ2n) is 5.69. The highest BCUT2D eigenvalue weighted by Crippen LogP contribution is 2.27. The minimum atomic E-state index is -0.0565. The van der Waals surface area contributed by atoms with E-state index in [4.69, 9.17) is 9.47 Å². The maximum absolute atomic E-state index is 12.5. The first-order chi connectivity index (χ1) is 11.2. The second-order valence-corrected chi connectivity index (χ2v) is 5.69. The number of carbonyl (C=O) groups excluding carboxylic acids is 1. The lowest BCUT2D eigenvalue weighted by Gasteiger charge is -2.26. The lowest BCUT2D eigenvalue weighted by Crippen LogP contribution is -2.41. The third-order valence-electron chi connectivity index (χ3n) is 4.32. The zero-order chi connectivity index (χ0) is 16.2. The Morgan fingerprint density at radius 3 is 2.87 bits per heavy atom. The summed E-state index contributed by atoms with van der Waals surface area (Å²) in [6.45, 7) is 4.90. The van der Waals surface area contributed by atoms with E-state index < -0.39 is 0 Å². The van der Waals surface area contributed by atoms with Gasteiger partial charge in [0.15, 0.2) is 0 Å². The van der Waals surface area contributed by atoms with Gasteiger partial charge in [-0.15, -0.1) is 0 Å². The molecule has 0 bridgehead atoms. The number of nitrogens with zero attached hydrogens (tertiary/aromatic N) is 2. The van der Waals surface area contributed by atoms with E-state index in [0.717, 1.165) is 49.5 Å². The molecular weight excluding hydrogens is 294 g/mol. The monoisotopic (exact) mass is 317 g/mol. The summed E-state index contributed by atoms with van der Waals surface area (Å²) >= 11 is 0. The van der Waals surface area contributed by atoms with E-state index in [0.29, 0.717) is 12.2 Å². The van der Waals surface area contributed by atoms with E-state index in [2.05, 4.69) is 10.2 Å². The van der Waals surface area contributed by atoms with Crippen LogP contribution in [-0.4, -0.2) is 61.9 Å². The number of nitrogens with one attached hydrogen (secondary N) is 1. The lowest BCUT2D eigenvalue weighted by atomic mass is 10.2. The standard InChI is InChI=1S/C17H23N3O3/c1-19-14-4-3-5-16(22-2)13(14)12-15(19)17(21)18-6-7-20-8-10-23-11-9-20/h3-5,12H,6-11H2,1-2H3,(H,18,21). The number of aryl methyl sites for hydroxylation is 1. The molecule has 2 heterocycles. The van der Waals surface area contributed by atoms with Crippen LogP contribution in [0.1, 0.15) is 10.5 Å². The fraction of sp³-hybridized carbons (Fsp3) is 0.471. The minimum Gasteiger partial charge on any atom is -0.496 e. The summed E-state index contributed by atoms with van der Waals surface area (Å²) in [6.07, 6.45) is 0. The largest absolute Gasteiger partial charge is 0.496 e. The Labute approximate surface area is 136 Å². The first-order valence-electron chi connectivity index (χ1n) is 7.91. The van der Waals surface area contributed by atoms with Crippen molar-refractivity contribution in [3.63, 3.8) is 0 Å². The Morgan fingerprint density at radius 2 is 2.13 bits per heavy atom. The first-order valence-corrected chi connectivity index (χ1v) is 7.91. The van der Waals surface area contributed by atoms with Crippen molar-refractivity contribution < 1.29 is 14.3 Å². The molecule has 1 aliphatic rings. The average molecular weight is 317 g/mol. The molecule has 1 aromatic heterocycles. The molecule has 124 valence electrons. The third-order valence-corrected chi connectivity index (χ3v) is 4.32. The molecule has 1 aromatic carbocycles. The smallest absolute Gasteiger partial charge is 0.267 e. The Kier molecular flexibility index (Phi) is 4.83. The maximum Gasteiger partial charge on any atom is 0.267 e. The Hall–Kier alpha value is -2.05. The van der Waals surface area contributed by atoms with Gasteiger partial charge in [0.25, 0.3) is 5.91 Å². The van der Waals surface area contributed by atoms with Gasteiger partial charge in [-0.3, -0.25) is 9.69 Å². The van der Waals surface area contributed by atoms with Gasteiger partial charge in [0.1, 0.15) is 11.4 Å². The number of methoxy groups -OCH3 is 1. The second kappa shape index (κ2) is 7.02. The van der Waals surface area contributed by atoms with Crippen LogP contribution in [0.3, 0.4) is 0 Å². The third kappa shape index (κ3) is 3.33. The predicted molar refractivity (Wildman–Crippen MR) is 89.1 cm³/mol. The Balaban J connectivity index is 1.67. The molecule has 0 spiro atoms. The molecule has 0 unspecified atom stereocenters. The van der Waals surface area contributed by atoms with Gasteiger partial charge in [-0.2, -0.15) is 0 Å². The SMILES string of the molecule is COc1cccc2c1cc(C(=O)NCCN1CCOCC1)n2C. The van der Waals surface area contributed by atoms with Crippen LogP contribution in [0.4, 0.5) is 0 Å². The van der Waals surface area contributed by atoms with E-state index in [9.17, 15) is 4.79 Å². The number of benzene rings is 1. The molecule has 0 radical (unpaired) electrons. The van der Waals surface area contributed by atoms with Crippen LogP contribution in [0.25, 0.3) is 10.9 Å². The Morgan fingerprint density at radius 1 is 1.35 bits per heavy atom. The number of hydrogen-bond donors (Lipinski definition) is 1. The fourth-order valence-electron chi connectivity index (χ4n) is 2.97. The molecule has 1 saturated heterocycles. The summed E-state index contributed by atoms with van der Waals surface area (Å²) in [4.78, 5) is 14.8. The number of aromatic nitrogens is 1. The van der Waals surface area contributed by atoms with Crippen LogP contribution in [0, 0.1) is 0 Å². The minimum absolute atomic E-state index is 0.0565. The zero-order valence-corrected chi connectivity index (χ0v) is 13.7. The van der Waals surface area contributed by atoms with Crippen LogP contribution in [0.2, 0.25) is 0 Å². The zero-order valence-electron chi connectivity index (χ0n) is 13.7. The van der Waals surface area contributed by atoms with Crippen molar-refractivity contribution in [2.45, 2.75) is 0 Å². The van der Waals surface area contributed by atoms with E-state index in [1.807, 2.05) is 35.9 Å². The van der Waals surface area contributed by atoms with Gasteiger partial charge in [0.05, 0.1) is 25.8 Å². The summed E-state index contributed by atoms with van der Waals surface area (Å²) in [5.74, 6) is 0.726. The van der Waals surface area contributed by atoms with E-state index >= 15 is 0 Å². The highest BCUT2D eigenvalue weighted by atomic mass is 16.5. The van der Waals surface area contributed by atoms with E-state index in [1.165, 1.54) is 0 Å². The quantitative estimate of drug-likeness (QED) is 0.902. The number of fused-ring (bicyclic) bond motifs is 1. The van der Waals surface area contributed by atoms with Crippen LogP contribution in [0.15, 0.2) is 24.3 Å². The van der Waals surface area contributed by atoms with Crippen molar-refractivity contribution in [3.8, 4) is 5.75 Å². The van der Waals surface area contributed by atoms with Crippen molar-refractivity contribution in [2.24, 2.45) is 7.05 Å². The number of ether oxygens (including phenoxy) is 2. The molecule has 2 aromatic rings. The van der Waals surface area contributed by atoms with Crippen molar-refractivity contribution in [2.75, 3.05) is 46.5 Å². The highest BCUT2D eigenvalue weighted by molar-refractivity contribution is 6.00. The van der Waals surface area contributed by atoms with Crippen LogP contribution >= 0.6 is 0 Å². The number of amides is 1. The van der Waals surface area contributed by atoms with Gasteiger partial charge in [-0.1, -0.05) is 6.07 Å². The molecule has 1 fully saturated rings. The van der Waals surface area contributed by atoms with Gasteiger partial charge in [0.2, 0.25) is 0 Å². The van der Waals surface area contributed by atoms with Crippen LogP contribution in [0.5, 0.6) is 5.75 Å². The number of hydrogen-bond acceptors (Lipinski definition) is 4. The molecule has 1 aliphatic heterocycles. The normalized spacial score (nSPS) is 15.7. The predicted octanol–water partition coefficient (Wildman–Crippen LogP) is 1.25. The molecule has 6 nitrogen and oxygen atoms in total. The number of rotatable bonds is 5. The summed E-state index contributed by atoms with van der Waals surface area (Å²) in [5.41, 5.74) is 1.63. The lowest BCUT2D eigenvalue weighted by molar-refractivity contribution is 0.0383. The molecule has 1 N–H and O–H groups in total. The van der Waals surface area contributed by atoms with Gasteiger partial charge in [-0.25, -0.2) is 0 Å². The van der Waals surface area contributed by atoms with Crippen molar-refractivity contribution >= 4 is 16.8 Å². The van der Waals surface area contributed by atoms with Crippen molar-refractivity contribution in [1.29, 1.82) is 0 Å². The van der Waals surface area contributed by atoms with Gasteiger partial charge < -0.3 is 19.4 Å². The molecule has 23 heavy (non-hydrogen) atoms. The van der Waals surface area contributed by atoms with E-state index in [-0.39, 0.29) is 5.91 Å². The number of carbonyl (C=O) groups is 1. The topological polar surface area (TPSA) is 55.7 Å². The van der Waals surface area contributed by atoms with Crippen molar-refractivity contribution in [3.05, 3.63) is 30.0 Å². The summed E-state index contributed by atoms with van der Waals surface area (Å²) in [7, 11) is 3.54. The summed E-state index contributed by atoms with van der Waals surface area (Å²) in [6, 6.07) is 7.71. The average Bonchev–Trinajstić information content (AvgIpc) is 2.93. The van der Waals surface area contributed by atoms with Gasteiger partial charge in [0, 0.05) is 38.6 Å². The molecular formula is C17H23N3O3. The van der Waals surface area contributed by atoms with Crippen LogP contribution in [-0.2, 0) is 11.8 Å². The van der Waals surface area contributed by atoms with Gasteiger partial charge >= 0.3 is 0 Å². The Bertz CT molecular complexity index is 690. The van der Waals surface area contributed by atoms with Gasteiger partial charge in [-0.05, 0) is 18.2 Å². The molecule has 0 saturated carbocycles. The maximum atomic E-state index is 12.5. The molecule has 3 rings (SSSR count). The van der Waals surface area contributed by atoms with Crippen LogP contribution < -0.4 is 10.1 Å². The van der Waals surface area contributed by atoms with E-state index in [1.54, 1.807) is 7.11 Å². The molecule has 0 aliphatic carbocycles. The summed E-state index contributed by atoms with van der Waals surface area (Å²) < 4.78 is 12.6.